The van der Waals surface area contributed by atoms with Crippen molar-refractivity contribution < 1.29 is 9.53 Å². The van der Waals surface area contributed by atoms with Gasteiger partial charge < -0.3 is 10.1 Å². The first-order valence-electron chi connectivity index (χ1n) is 12.0. The van der Waals surface area contributed by atoms with Crippen molar-refractivity contribution >= 4 is 17.7 Å². The number of unbranched alkanes of at least 4 members (excludes halogenated alkanes) is 1. The van der Waals surface area contributed by atoms with Gasteiger partial charge in [0, 0.05) is 49.6 Å². The van der Waals surface area contributed by atoms with Gasteiger partial charge in [0.05, 0.1) is 13.2 Å². The number of carbonyl (C=O) groups is 1. The lowest BCUT2D eigenvalue weighted by atomic mass is 10.1. The van der Waals surface area contributed by atoms with Crippen molar-refractivity contribution in [1.82, 2.24) is 25.0 Å². The summed E-state index contributed by atoms with van der Waals surface area (Å²) in [6, 6.07) is 18.6. The summed E-state index contributed by atoms with van der Waals surface area (Å²) in [4.78, 5) is 14.5. The number of hydrogen-bond acceptors (Lipinski definition) is 6. The van der Waals surface area contributed by atoms with E-state index in [0.29, 0.717) is 13.0 Å². The molecule has 3 aromatic rings. The third kappa shape index (κ3) is 6.91. The minimum atomic E-state index is 0.132. The van der Waals surface area contributed by atoms with E-state index in [1.165, 1.54) is 5.56 Å². The summed E-state index contributed by atoms with van der Waals surface area (Å²) in [5.41, 5.74) is 3.31. The number of aryl methyl sites for hydroxylation is 1. The maximum atomic E-state index is 12.2. The molecule has 0 atom stereocenters. The number of aromatic nitrogens is 3. The maximum absolute atomic E-state index is 12.2. The third-order valence-corrected chi connectivity index (χ3v) is 6.86. The van der Waals surface area contributed by atoms with Crippen molar-refractivity contribution in [3.05, 3.63) is 60.2 Å². The van der Waals surface area contributed by atoms with Gasteiger partial charge in [-0.05, 0) is 31.9 Å². The van der Waals surface area contributed by atoms with Crippen LogP contribution < -0.4 is 5.32 Å². The molecule has 180 valence electrons. The van der Waals surface area contributed by atoms with Crippen LogP contribution in [0.1, 0.15) is 24.8 Å². The summed E-state index contributed by atoms with van der Waals surface area (Å²) >= 11 is 1.69. The number of carbonyl (C=O) groups excluding carboxylic acids is 1. The van der Waals surface area contributed by atoms with Crippen LogP contribution in [0.4, 0.5) is 0 Å². The summed E-state index contributed by atoms with van der Waals surface area (Å²) in [6.45, 7) is 7.15. The number of rotatable bonds is 11. The van der Waals surface area contributed by atoms with Gasteiger partial charge >= 0.3 is 0 Å². The van der Waals surface area contributed by atoms with E-state index in [0.717, 1.165) is 73.7 Å². The molecule has 4 rings (SSSR count). The Balaban J connectivity index is 1.26. The summed E-state index contributed by atoms with van der Waals surface area (Å²) in [5.74, 6) is 1.86. The Morgan fingerprint density at radius 3 is 2.56 bits per heavy atom. The number of morpholine rings is 1. The maximum Gasteiger partial charge on any atom is 0.220 e. The predicted molar refractivity (Wildman–Crippen MR) is 136 cm³/mol. The minimum Gasteiger partial charge on any atom is -0.379 e. The summed E-state index contributed by atoms with van der Waals surface area (Å²) in [6.07, 6.45) is 2.37. The number of benzene rings is 2. The molecule has 0 saturated carbocycles. The molecule has 1 aromatic heterocycles. The van der Waals surface area contributed by atoms with Crippen LogP contribution in [-0.2, 0) is 9.53 Å². The van der Waals surface area contributed by atoms with Crippen LogP contribution >= 0.6 is 11.8 Å². The molecule has 0 bridgehead atoms. The van der Waals surface area contributed by atoms with Gasteiger partial charge in [0.15, 0.2) is 11.0 Å². The highest BCUT2D eigenvalue weighted by Gasteiger charge is 2.16. The zero-order chi connectivity index (χ0) is 23.6. The molecule has 1 N–H and O–H groups in total. The van der Waals surface area contributed by atoms with Crippen molar-refractivity contribution in [2.75, 3.05) is 45.1 Å². The molecular formula is C26H33N5O2S. The Morgan fingerprint density at radius 1 is 1.03 bits per heavy atom. The van der Waals surface area contributed by atoms with Gasteiger partial charge in [0.1, 0.15) is 0 Å². The second kappa shape index (κ2) is 12.7. The lowest BCUT2D eigenvalue weighted by molar-refractivity contribution is -0.121. The highest BCUT2D eigenvalue weighted by molar-refractivity contribution is 7.99. The van der Waals surface area contributed by atoms with Gasteiger partial charge in [-0.3, -0.25) is 14.3 Å². The lowest BCUT2D eigenvalue weighted by Crippen LogP contribution is -2.41. The van der Waals surface area contributed by atoms with E-state index in [1.54, 1.807) is 11.8 Å². The second-order valence-electron chi connectivity index (χ2n) is 8.45. The number of para-hydroxylation sites is 1. The molecule has 0 unspecified atom stereocenters. The van der Waals surface area contributed by atoms with Gasteiger partial charge in [-0.25, -0.2) is 0 Å². The smallest absolute Gasteiger partial charge is 0.220 e. The fourth-order valence-electron chi connectivity index (χ4n) is 3.88. The number of nitrogens with one attached hydrogen (secondary N) is 1. The van der Waals surface area contributed by atoms with E-state index in [1.807, 2.05) is 18.2 Å². The average Bonchev–Trinajstić information content (AvgIpc) is 3.29. The van der Waals surface area contributed by atoms with E-state index >= 15 is 0 Å². The first-order chi connectivity index (χ1) is 16.7. The van der Waals surface area contributed by atoms with Gasteiger partial charge in [-0.2, -0.15) is 0 Å². The third-order valence-electron chi connectivity index (χ3n) is 5.84. The first kappa shape index (κ1) is 24.4. The molecule has 0 radical (unpaired) electrons. The Hall–Kier alpha value is -2.68. The van der Waals surface area contributed by atoms with Crippen molar-refractivity contribution in [2.45, 2.75) is 31.3 Å². The highest BCUT2D eigenvalue weighted by Crippen LogP contribution is 2.28. The predicted octanol–water partition coefficient (Wildman–Crippen LogP) is 3.95. The van der Waals surface area contributed by atoms with E-state index in [9.17, 15) is 4.79 Å². The molecule has 1 aliphatic rings. The Kier molecular flexibility index (Phi) is 9.12. The second-order valence-corrected chi connectivity index (χ2v) is 9.51. The molecule has 1 fully saturated rings. The van der Waals surface area contributed by atoms with Crippen LogP contribution in [0.25, 0.3) is 17.1 Å². The SMILES string of the molecule is Cc1ccc(-c2nnc(SCCCCC(=O)NCCN3CCOCC3)n2-c2ccccc2)cc1. The van der Waals surface area contributed by atoms with Crippen LogP contribution in [0.15, 0.2) is 59.8 Å². The number of hydrogen-bond donors (Lipinski definition) is 1. The zero-order valence-corrected chi connectivity index (χ0v) is 20.6. The normalized spacial score (nSPS) is 14.3. The van der Waals surface area contributed by atoms with Gasteiger partial charge in [0.2, 0.25) is 5.91 Å². The topological polar surface area (TPSA) is 72.3 Å². The highest BCUT2D eigenvalue weighted by atomic mass is 32.2. The largest absolute Gasteiger partial charge is 0.379 e. The van der Waals surface area contributed by atoms with Crippen molar-refractivity contribution in [2.24, 2.45) is 0 Å². The van der Waals surface area contributed by atoms with E-state index < -0.39 is 0 Å². The van der Waals surface area contributed by atoms with Crippen molar-refractivity contribution in [1.29, 1.82) is 0 Å². The van der Waals surface area contributed by atoms with Crippen molar-refractivity contribution in [3.63, 3.8) is 0 Å². The van der Waals surface area contributed by atoms with Crippen LogP contribution in [-0.4, -0.2) is 70.7 Å². The monoisotopic (exact) mass is 479 g/mol. The lowest BCUT2D eigenvalue weighted by Gasteiger charge is -2.26. The fourth-order valence-corrected chi connectivity index (χ4v) is 4.83. The van der Waals surface area contributed by atoms with Gasteiger partial charge in [-0.15, -0.1) is 10.2 Å². The quantitative estimate of drug-likeness (QED) is 0.332. The molecule has 0 spiro atoms. The Labute approximate surface area is 205 Å². The molecule has 1 aliphatic heterocycles. The molecule has 8 heteroatoms. The van der Waals surface area contributed by atoms with E-state index in [4.69, 9.17) is 4.74 Å². The van der Waals surface area contributed by atoms with Crippen LogP contribution in [0.5, 0.6) is 0 Å². The summed E-state index contributed by atoms with van der Waals surface area (Å²) < 4.78 is 7.47. The van der Waals surface area contributed by atoms with Crippen LogP contribution in [0, 0.1) is 6.92 Å². The summed E-state index contributed by atoms with van der Waals surface area (Å²) in [7, 11) is 0. The molecular weight excluding hydrogens is 446 g/mol. The average molecular weight is 480 g/mol. The molecule has 2 heterocycles. The van der Waals surface area contributed by atoms with Gasteiger partial charge in [0.25, 0.3) is 0 Å². The summed E-state index contributed by atoms with van der Waals surface area (Å²) in [5, 5.41) is 12.9. The van der Waals surface area contributed by atoms with Crippen molar-refractivity contribution in [3.8, 4) is 17.1 Å². The molecule has 34 heavy (non-hydrogen) atoms. The fraction of sp³-hybridized carbons (Fsp3) is 0.423. The van der Waals surface area contributed by atoms with E-state index in [2.05, 4.69) is 68.3 Å². The molecule has 7 nitrogen and oxygen atoms in total. The number of ether oxygens (including phenoxy) is 1. The zero-order valence-electron chi connectivity index (χ0n) is 19.8. The number of nitrogens with zero attached hydrogens (tertiary/aromatic N) is 4. The standard InChI is InChI=1S/C26H33N5O2S/c1-21-10-12-22(13-11-21)25-28-29-26(31(25)23-7-3-2-4-8-23)34-20-6-5-9-24(32)27-14-15-30-16-18-33-19-17-30/h2-4,7-8,10-13H,5-6,9,14-20H2,1H3,(H,27,32). The van der Waals surface area contributed by atoms with E-state index in [-0.39, 0.29) is 5.91 Å². The Morgan fingerprint density at radius 2 is 1.79 bits per heavy atom. The Bertz CT molecular complexity index is 1030. The molecule has 2 aromatic carbocycles. The van der Waals surface area contributed by atoms with Crippen LogP contribution in [0.2, 0.25) is 0 Å². The molecule has 1 saturated heterocycles. The number of amides is 1. The first-order valence-corrected chi connectivity index (χ1v) is 13.0. The van der Waals surface area contributed by atoms with Gasteiger partial charge in [-0.1, -0.05) is 59.8 Å². The molecule has 1 amide bonds. The molecule has 0 aliphatic carbocycles. The van der Waals surface area contributed by atoms with Crippen LogP contribution in [0.3, 0.4) is 0 Å². The number of thioether (sulfide) groups is 1. The minimum absolute atomic E-state index is 0.132.